The molecule has 1 atom stereocenters. The van der Waals surface area contributed by atoms with Gasteiger partial charge in [-0.05, 0) is 31.6 Å². The van der Waals surface area contributed by atoms with Crippen molar-refractivity contribution in [1.29, 1.82) is 0 Å². The first kappa shape index (κ1) is 18.7. The van der Waals surface area contributed by atoms with Gasteiger partial charge < -0.3 is 0 Å². The third kappa shape index (κ3) is 6.10. The SMILES string of the molecule is C=C/C=C\C=N/NC(Cc1c(F)ccc(F)c1F)=NC(C)CC. The fourth-order valence-corrected chi connectivity index (χ4v) is 1.65. The fourth-order valence-electron chi connectivity index (χ4n) is 1.65. The lowest BCUT2D eigenvalue weighted by molar-refractivity contribution is 0.483. The highest BCUT2D eigenvalue weighted by Gasteiger charge is 2.16. The molecular formula is C17H20F3N3. The molecule has 6 heteroatoms. The van der Waals surface area contributed by atoms with Crippen molar-refractivity contribution in [2.24, 2.45) is 10.1 Å². The third-order valence-corrected chi connectivity index (χ3v) is 3.05. The Morgan fingerprint density at radius 2 is 1.96 bits per heavy atom. The van der Waals surface area contributed by atoms with Crippen LogP contribution in [0.2, 0.25) is 0 Å². The van der Waals surface area contributed by atoms with E-state index in [1.165, 1.54) is 6.21 Å². The van der Waals surface area contributed by atoms with Crippen molar-refractivity contribution >= 4 is 12.1 Å². The van der Waals surface area contributed by atoms with Gasteiger partial charge in [0.1, 0.15) is 11.7 Å². The molecule has 0 saturated carbocycles. The summed E-state index contributed by atoms with van der Waals surface area (Å²) >= 11 is 0. The Morgan fingerprint density at radius 3 is 2.61 bits per heavy atom. The first-order valence-electron chi connectivity index (χ1n) is 7.25. The molecule has 124 valence electrons. The Labute approximate surface area is 134 Å². The molecule has 0 aliphatic carbocycles. The van der Waals surface area contributed by atoms with Crippen LogP contribution in [0.4, 0.5) is 13.2 Å². The van der Waals surface area contributed by atoms with Crippen LogP contribution in [0.25, 0.3) is 0 Å². The number of benzene rings is 1. The van der Waals surface area contributed by atoms with E-state index in [9.17, 15) is 13.2 Å². The van der Waals surface area contributed by atoms with Crippen LogP contribution < -0.4 is 5.43 Å². The van der Waals surface area contributed by atoms with Gasteiger partial charge in [0.2, 0.25) is 0 Å². The molecule has 0 amide bonds. The van der Waals surface area contributed by atoms with Gasteiger partial charge in [-0.2, -0.15) is 5.10 Å². The molecule has 1 unspecified atom stereocenters. The zero-order valence-corrected chi connectivity index (χ0v) is 13.2. The number of nitrogens with zero attached hydrogens (tertiary/aromatic N) is 2. The van der Waals surface area contributed by atoms with E-state index in [1.54, 1.807) is 18.2 Å². The van der Waals surface area contributed by atoms with Crippen LogP contribution >= 0.6 is 0 Å². The van der Waals surface area contributed by atoms with Gasteiger partial charge in [0.05, 0.1) is 0 Å². The summed E-state index contributed by atoms with van der Waals surface area (Å²) in [6.45, 7) is 7.31. The zero-order valence-electron chi connectivity index (χ0n) is 13.2. The Bertz CT molecular complexity index is 622. The van der Waals surface area contributed by atoms with Gasteiger partial charge in [-0.3, -0.25) is 10.4 Å². The van der Waals surface area contributed by atoms with Crippen LogP contribution in [0.1, 0.15) is 25.8 Å². The Morgan fingerprint density at radius 1 is 1.26 bits per heavy atom. The maximum Gasteiger partial charge on any atom is 0.165 e. The van der Waals surface area contributed by atoms with Gasteiger partial charge in [0.25, 0.3) is 0 Å². The summed E-state index contributed by atoms with van der Waals surface area (Å²) in [6, 6.07) is 1.59. The summed E-state index contributed by atoms with van der Waals surface area (Å²) in [5.74, 6) is -2.87. The van der Waals surface area contributed by atoms with Crippen LogP contribution in [0.15, 0.2) is 47.0 Å². The highest BCUT2D eigenvalue weighted by atomic mass is 19.2. The molecule has 0 saturated heterocycles. The number of rotatable bonds is 7. The van der Waals surface area contributed by atoms with Crippen LogP contribution in [0.5, 0.6) is 0 Å². The summed E-state index contributed by atoms with van der Waals surface area (Å²) in [7, 11) is 0. The van der Waals surface area contributed by atoms with Crippen molar-refractivity contribution in [3.8, 4) is 0 Å². The van der Waals surface area contributed by atoms with Gasteiger partial charge in [0.15, 0.2) is 11.6 Å². The van der Waals surface area contributed by atoms with Crippen molar-refractivity contribution in [1.82, 2.24) is 5.43 Å². The average Bonchev–Trinajstić information content (AvgIpc) is 2.54. The molecule has 1 aromatic carbocycles. The number of amidine groups is 1. The summed E-state index contributed by atoms with van der Waals surface area (Å²) in [6.07, 6.45) is 6.86. The normalized spacial score (nSPS) is 13.7. The standard InChI is InChI=1S/C17H20F3N3/c1-4-6-7-10-21-23-16(22-12(3)5-2)11-13-14(18)8-9-15(19)17(13)20/h4,6-10,12H,1,5,11H2,2-3H3,(H,22,23)/b7-6-,21-10-. The zero-order chi connectivity index (χ0) is 17.2. The van der Waals surface area contributed by atoms with E-state index < -0.39 is 17.5 Å². The minimum absolute atomic E-state index is 0.0592. The lowest BCUT2D eigenvalue weighted by atomic mass is 10.1. The molecule has 3 nitrogen and oxygen atoms in total. The topological polar surface area (TPSA) is 36.8 Å². The van der Waals surface area contributed by atoms with Gasteiger partial charge in [-0.1, -0.05) is 25.7 Å². The molecule has 0 heterocycles. The lowest BCUT2D eigenvalue weighted by Gasteiger charge is -2.11. The lowest BCUT2D eigenvalue weighted by Crippen LogP contribution is -2.24. The second-order valence-corrected chi connectivity index (χ2v) is 4.84. The predicted molar refractivity (Wildman–Crippen MR) is 88.2 cm³/mol. The maximum absolute atomic E-state index is 13.8. The van der Waals surface area contributed by atoms with Crippen LogP contribution in [-0.4, -0.2) is 18.1 Å². The fraction of sp³-hybridized carbons (Fsp3) is 0.294. The summed E-state index contributed by atoms with van der Waals surface area (Å²) < 4.78 is 40.8. The van der Waals surface area contributed by atoms with Crippen LogP contribution in [0, 0.1) is 17.5 Å². The summed E-state index contributed by atoms with van der Waals surface area (Å²) in [5, 5.41) is 3.90. The largest absolute Gasteiger partial charge is 0.268 e. The Hall–Kier alpha value is -2.37. The summed E-state index contributed by atoms with van der Waals surface area (Å²) in [5.41, 5.74) is 2.27. The van der Waals surface area contributed by atoms with E-state index >= 15 is 0 Å². The molecule has 1 N–H and O–H groups in total. The van der Waals surface area contributed by atoms with E-state index in [-0.39, 0.29) is 23.9 Å². The number of hydrogen-bond donors (Lipinski definition) is 1. The molecular weight excluding hydrogens is 303 g/mol. The molecule has 0 spiro atoms. The number of hydrogen-bond acceptors (Lipinski definition) is 2. The Kier molecular flexibility index (Phi) is 7.80. The molecule has 23 heavy (non-hydrogen) atoms. The van der Waals surface area contributed by atoms with E-state index in [1.807, 2.05) is 13.8 Å². The molecule has 0 aliphatic heterocycles. The summed E-state index contributed by atoms with van der Waals surface area (Å²) in [4.78, 5) is 4.31. The van der Waals surface area contributed by atoms with Crippen molar-refractivity contribution < 1.29 is 13.2 Å². The molecule has 0 bridgehead atoms. The van der Waals surface area contributed by atoms with Gasteiger partial charge in [-0.25, -0.2) is 13.2 Å². The number of nitrogens with one attached hydrogen (secondary N) is 1. The Balaban J connectivity index is 3.00. The monoisotopic (exact) mass is 323 g/mol. The maximum atomic E-state index is 13.8. The number of halogens is 3. The van der Waals surface area contributed by atoms with Crippen molar-refractivity contribution in [3.05, 3.63) is 60.0 Å². The van der Waals surface area contributed by atoms with E-state index in [2.05, 4.69) is 22.1 Å². The van der Waals surface area contributed by atoms with Gasteiger partial charge in [-0.15, -0.1) is 0 Å². The van der Waals surface area contributed by atoms with Crippen LogP contribution in [0.3, 0.4) is 0 Å². The van der Waals surface area contributed by atoms with Crippen molar-refractivity contribution in [2.45, 2.75) is 32.7 Å². The van der Waals surface area contributed by atoms with Gasteiger partial charge in [0, 0.05) is 24.2 Å². The molecule has 0 aliphatic rings. The highest BCUT2D eigenvalue weighted by Crippen LogP contribution is 2.17. The minimum Gasteiger partial charge on any atom is -0.268 e. The second-order valence-electron chi connectivity index (χ2n) is 4.84. The molecule has 1 rings (SSSR count). The van der Waals surface area contributed by atoms with Gasteiger partial charge >= 0.3 is 0 Å². The number of aliphatic imine (C=N–C) groups is 1. The number of allylic oxidation sites excluding steroid dienone is 3. The van der Waals surface area contributed by atoms with Crippen molar-refractivity contribution in [2.75, 3.05) is 0 Å². The quantitative estimate of drug-likeness (QED) is 0.264. The van der Waals surface area contributed by atoms with E-state index in [0.717, 1.165) is 18.6 Å². The molecule has 0 fully saturated rings. The second kappa shape index (κ2) is 9.61. The van der Waals surface area contributed by atoms with Crippen molar-refractivity contribution in [3.63, 3.8) is 0 Å². The predicted octanol–water partition coefficient (Wildman–Crippen LogP) is 4.16. The smallest absolute Gasteiger partial charge is 0.165 e. The number of hydrazone groups is 1. The van der Waals surface area contributed by atoms with E-state index in [0.29, 0.717) is 0 Å². The minimum atomic E-state index is -1.21. The first-order valence-corrected chi connectivity index (χ1v) is 7.25. The molecule has 0 radical (unpaired) electrons. The van der Waals surface area contributed by atoms with E-state index in [4.69, 9.17) is 0 Å². The van der Waals surface area contributed by atoms with Crippen LogP contribution in [-0.2, 0) is 6.42 Å². The molecule has 0 aromatic heterocycles. The third-order valence-electron chi connectivity index (χ3n) is 3.05. The average molecular weight is 323 g/mol. The first-order chi connectivity index (χ1) is 11.0. The highest BCUT2D eigenvalue weighted by molar-refractivity contribution is 5.85. The molecule has 1 aromatic rings.